The molecular formula is C19H22N4O2. The highest BCUT2D eigenvalue weighted by Gasteiger charge is 2.21. The molecule has 3 aromatic rings. The van der Waals surface area contributed by atoms with Crippen molar-refractivity contribution in [3.8, 4) is 5.75 Å². The summed E-state index contributed by atoms with van der Waals surface area (Å²) in [6.07, 6.45) is -0.540. The fraction of sp³-hybridized carbons (Fsp3) is 0.368. The maximum Gasteiger partial charge on any atom is 0.147 e. The molecule has 0 fully saturated rings. The SMILES string of the molecule is Cc1nnc2n1CCN(CC(O)COc1ccc3ccccc3c1)C2. The van der Waals surface area contributed by atoms with Gasteiger partial charge in [0.15, 0.2) is 0 Å². The first-order chi connectivity index (χ1) is 12.2. The molecule has 1 aliphatic rings. The summed E-state index contributed by atoms with van der Waals surface area (Å²) in [5.74, 6) is 2.70. The van der Waals surface area contributed by atoms with Gasteiger partial charge in [0, 0.05) is 19.6 Å². The third kappa shape index (κ3) is 3.50. The zero-order chi connectivity index (χ0) is 17.2. The number of aliphatic hydroxyl groups excluding tert-OH is 1. The molecule has 0 aliphatic carbocycles. The van der Waals surface area contributed by atoms with Gasteiger partial charge in [-0.25, -0.2) is 0 Å². The van der Waals surface area contributed by atoms with E-state index in [0.29, 0.717) is 13.1 Å². The van der Waals surface area contributed by atoms with Gasteiger partial charge < -0.3 is 14.4 Å². The van der Waals surface area contributed by atoms with E-state index in [1.807, 2.05) is 37.3 Å². The number of fused-ring (bicyclic) bond motifs is 2. The van der Waals surface area contributed by atoms with Crippen LogP contribution >= 0.6 is 0 Å². The third-order valence-corrected chi connectivity index (χ3v) is 4.65. The molecule has 1 atom stereocenters. The zero-order valence-electron chi connectivity index (χ0n) is 14.3. The van der Waals surface area contributed by atoms with E-state index < -0.39 is 6.10 Å². The number of hydrogen-bond donors (Lipinski definition) is 1. The van der Waals surface area contributed by atoms with Crippen LogP contribution < -0.4 is 4.74 Å². The molecule has 0 saturated heterocycles. The molecule has 1 unspecified atom stereocenters. The highest BCUT2D eigenvalue weighted by molar-refractivity contribution is 5.83. The molecule has 0 amide bonds. The number of aliphatic hydroxyl groups is 1. The second-order valence-corrected chi connectivity index (χ2v) is 6.52. The highest BCUT2D eigenvalue weighted by atomic mass is 16.5. The van der Waals surface area contributed by atoms with Gasteiger partial charge in [0.25, 0.3) is 0 Å². The van der Waals surface area contributed by atoms with E-state index in [2.05, 4.69) is 31.8 Å². The molecule has 2 aromatic carbocycles. The zero-order valence-corrected chi connectivity index (χ0v) is 14.3. The molecule has 4 rings (SSSR count). The van der Waals surface area contributed by atoms with Gasteiger partial charge in [0.1, 0.15) is 30.1 Å². The van der Waals surface area contributed by atoms with Crippen LogP contribution in [0.2, 0.25) is 0 Å². The van der Waals surface area contributed by atoms with E-state index in [1.165, 1.54) is 5.39 Å². The molecule has 2 heterocycles. The summed E-state index contributed by atoms with van der Waals surface area (Å²) in [5.41, 5.74) is 0. The average Bonchev–Trinajstić information content (AvgIpc) is 3.00. The molecular weight excluding hydrogens is 316 g/mol. The second kappa shape index (κ2) is 6.82. The van der Waals surface area contributed by atoms with Gasteiger partial charge in [0.05, 0.1) is 6.54 Å². The molecule has 0 saturated carbocycles. The normalized spacial score (nSPS) is 15.9. The number of rotatable bonds is 5. The molecule has 130 valence electrons. The van der Waals surface area contributed by atoms with Crippen LogP contribution in [0.25, 0.3) is 10.8 Å². The van der Waals surface area contributed by atoms with Gasteiger partial charge in [-0.15, -0.1) is 10.2 Å². The Labute approximate surface area is 146 Å². The number of β-amino-alcohol motifs (C(OH)–C–C–N with tert-alkyl or cyclic N) is 1. The van der Waals surface area contributed by atoms with Crippen LogP contribution in [0.3, 0.4) is 0 Å². The van der Waals surface area contributed by atoms with Crippen LogP contribution in [0.5, 0.6) is 5.75 Å². The Morgan fingerprint density at radius 3 is 2.84 bits per heavy atom. The van der Waals surface area contributed by atoms with Crippen molar-refractivity contribution >= 4 is 10.8 Å². The highest BCUT2D eigenvalue weighted by Crippen LogP contribution is 2.21. The first-order valence-corrected chi connectivity index (χ1v) is 8.60. The van der Waals surface area contributed by atoms with Crippen LogP contribution in [0, 0.1) is 6.92 Å². The minimum Gasteiger partial charge on any atom is -0.491 e. The summed E-state index contributed by atoms with van der Waals surface area (Å²) in [4.78, 5) is 2.19. The quantitative estimate of drug-likeness (QED) is 0.771. The van der Waals surface area contributed by atoms with E-state index >= 15 is 0 Å². The van der Waals surface area contributed by atoms with Gasteiger partial charge in [-0.3, -0.25) is 4.90 Å². The van der Waals surface area contributed by atoms with Crippen molar-refractivity contribution in [2.24, 2.45) is 0 Å². The number of hydrogen-bond acceptors (Lipinski definition) is 5. The van der Waals surface area contributed by atoms with Gasteiger partial charge in [-0.1, -0.05) is 30.3 Å². The van der Waals surface area contributed by atoms with Crippen LogP contribution in [0.4, 0.5) is 0 Å². The van der Waals surface area contributed by atoms with Crippen molar-refractivity contribution in [3.63, 3.8) is 0 Å². The van der Waals surface area contributed by atoms with Crippen LogP contribution in [0.1, 0.15) is 11.6 Å². The molecule has 0 radical (unpaired) electrons. The number of benzene rings is 2. The molecule has 25 heavy (non-hydrogen) atoms. The van der Waals surface area contributed by atoms with Crippen molar-refractivity contribution in [2.75, 3.05) is 19.7 Å². The molecule has 6 nitrogen and oxygen atoms in total. The van der Waals surface area contributed by atoms with Gasteiger partial charge in [0.2, 0.25) is 0 Å². The lowest BCUT2D eigenvalue weighted by atomic mass is 10.1. The van der Waals surface area contributed by atoms with Crippen LogP contribution in [-0.4, -0.2) is 50.6 Å². The monoisotopic (exact) mass is 338 g/mol. The lowest BCUT2D eigenvalue weighted by Gasteiger charge is -2.29. The van der Waals surface area contributed by atoms with E-state index in [-0.39, 0.29) is 6.61 Å². The van der Waals surface area contributed by atoms with E-state index in [0.717, 1.165) is 35.9 Å². The van der Waals surface area contributed by atoms with Crippen LogP contribution in [-0.2, 0) is 13.1 Å². The first-order valence-electron chi connectivity index (χ1n) is 8.60. The van der Waals surface area contributed by atoms with Crippen molar-refractivity contribution in [1.82, 2.24) is 19.7 Å². The third-order valence-electron chi connectivity index (χ3n) is 4.65. The van der Waals surface area contributed by atoms with Gasteiger partial charge in [-0.2, -0.15) is 0 Å². The van der Waals surface area contributed by atoms with E-state index in [9.17, 15) is 5.11 Å². The van der Waals surface area contributed by atoms with Crippen molar-refractivity contribution in [2.45, 2.75) is 26.1 Å². The Balaban J connectivity index is 1.32. The average molecular weight is 338 g/mol. The Morgan fingerprint density at radius 2 is 1.96 bits per heavy atom. The predicted octanol–water partition coefficient (Wildman–Crippen LogP) is 2.00. The Bertz CT molecular complexity index is 877. The van der Waals surface area contributed by atoms with E-state index in [1.54, 1.807) is 0 Å². The first kappa shape index (κ1) is 16.1. The Hall–Kier alpha value is -2.44. The molecule has 0 bridgehead atoms. The van der Waals surface area contributed by atoms with Crippen LogP contribution in [0.15, 0.2) is 42.5 Å². The Kier molecular flexibility index (Phi) is 4.38. The summed E-state index contributed by atoms with van der Waals surface area (Å²) in [7, 11) is 0. The molecule has 6 heteroatoms. The predicted molar refractivity (Wildman–Crippen MR) is 95.5 cm³/mol. The lowest BCUT2D eigenvalue weighted by molar-refractivity contribution is 0.0582. The Morgan fingerprint density at radius 1 is 1.12 bits per heavy atom. The summed E-state index contributed by atoms with van der Waals surface area (Å²) in [5, 5.41) is 20.9. The fourth-order valence-electron chi connectivity index (χ4n) is 3.31. The maximum atomic E-state index is 10.3. The summed E-state index contributed by atoms with van der Waals surface area (Å²) < 4.78 is 7.91. The lowest BCUT2D eigenvalue weighted by Crippen LogP contribution is -2.40. The number of aryl methyl sites for hydroxylation is 1. The topological polar surface area (TPSA) is 63.4 Å². The number of ether oxygens (including phenoxy) is 1. The smallest absolute Gasteiger partial charge is 0.147 e. The number of nitrogens with zero attached hydrogens (tertiary/aromatic N) is 4. The standard InChI is InChI=1S/C19H22N4O2/c1-14-20-21-19-12-22(8-9-23(14)19)11-17(24)13-25-18-7-6-15-4-2-3-5-16(15)10-18/h2-7,10,17,24H,8-9,11-13H2,1H3. The maximum absolute atomic E-state index is 10.3. The molecule has 1 aliphatic heterocycles. The van der Waals surface area contributed by atoms with Crippen molar-refractivity contribution in [1.29, 1.82) is 0 Å². The summed E-state index contributed by atoms with van der Waals surface area (Å²) in [6.45, 7) is 5.29. The van der Waals surface area contributed by atoms with Gasteiger partial charge in [-0.05, 0) is 29.8 Å². The fourth-order valence-corrected chi connectivity index (χ4v) is 3.31. The molecule has 1 aromatic heterocycles. The summed E-state index contributed by atoms with van der Waals surface area (Å²) in [6, 6.07) is 14.2. The van der Waals surface area contributed by atoms with Crippen molar-refractivity contribution < 1.29 is 9.84 Å². The molecule has 0 spiro atoms. The number of aromatic nitrogens is 3. The second-order valence-electron chi connectivity index (χ2n) is 6.52. The largest absolute Gasteiger partial charge is 0.491 e. The van der Waals surface area contributed by atoms with Gasteiger partial charge >= 0.3 is 0 Å². The minimum absolute atomic E-state index is 0.278. The van der Waals surface area contributed by atoms with E-state index in [4.69, 9.17) is 4.74 Å². The molecule has 1 N–H and O–H groups in total. The van der Waals surface area contributed by atoms with Crippen molar-refractivity contribution in [3.05, 3.63) is 54.1 Å². The minimum atomic E-state index is -0.540. The summed E-state index contributed by atoms with van der Waals surface area (Å²) >= 11 is 0.